The molecule has 0 bridgehead atoms. The zero-order chi connectivity index (χ0) is 13.5. The summed E-state index contributed by atoms with van der Waals surface area (Å²) >= 11 is 0. The Kier molecular flexibility index (Phi) is 5.16. The molecular weight excluding hydrogens is 234 g/mol. The summed E-state index contributed by atoms with van der Waals surface area (Å²) in [6, 6.07) is 13.1. The van der Waals surface area contributed by atoms with Crippen molar-refractivity contribution in [1.82, 2.24) is 15.1 Å². The van der Waals surface area contributed by atoms with E-state index in [2.05, 4.69) is 54.6 Å². The third kappa shape index (κ3) is 4.52. The second-order valence-electron chi connectivity index (χ2n) is 5.18. The molecule has 0 aliphatic rings. The Hall–Kier alpha value is -1.61. The Morgan fingerprint density at radius 2 is 1.95 bits per heavy atom. The second kappa shape index (κ2) is 7.10. The molecule has 1 N–H and O–H groups in total. The standard InChI is InChI=1S/C16H23N3/c1-14(16-7-4-3-5-8-16)9-11-17-15(2)13-19-12-6-10-18-19/h3-8,10,12,14-15,17H,9,11,13H2,1-2H3. The van der Waals surface area contributed by atoms with Crippen LogP contribution in [0.1, 0.15) is 31.7 Å². The topological polar surface area (TPSA) is 29.9 Å². The van der Waals surface area contributed by atoms with E-state index in [9.17, 15) is 0 Å². The molecule has 19 heavy (non-hydrogen) atoms. The molecule has 1 aromatic heterocycles. The molecule has 102 valence electrons. The van der Waals surface area contributed by atoms with E-state index in [1.54, 1.807) is 0 Å². The van der Waals surface area contributed by atoms with Crippen molar-refractivity contribution in [2.45, 2.75) is 38.8 Å². The van der Waals surface area contributed by atoms with Crippen molar-refractivity contribution in [1.29, 1.82) is 0 Å². The summed E-state index contributed by atoms with van der Waals surface area (Å²) in [5.41, 5.74) is 1.42. The van der Waals surface area contributed by atoms with Crippen LogP contribution in [0.3, 0.4) is 0 Å². The minimum atomic E-state index is 0.447. The molecule has 2 atom stereocenters. The molecular formula is C16H23N3. The summed E-state index contributed by atoms with van der Waals surface area (Å²) in [7, 11) is 0. The summed E-state index contributed by atoms with van der Waals surface area (Å²) in [6.07, 6.45) is 4.99. The third-order valence-electron chi connectivity index (χ3n) is 3.46. The molecule has 2 aromatic rings. The van der Waals surface area contributed by atoms with Crippen molar-refractivity contribution in [2.24, 2.45) is 0 Å². The maximum Gasteiger partial charge on any atom is 0.0559 e. The van der Waals surface area contributed by atoms with E-state index in [0.29, 0.717) is 12.0 Å². The van der Waals surface area contributed by atoms with Crippen molar-refractivity contribution in [3.8, 4) is 0 Å². The molecule has 3 nitrogen and oxygen atoms in total. The van der Waals surface area contributed by atoms with Crippen LogP contribution in [0.25, 0.3) is 0 Å². The first-order valence-corrected chi connectivity index (χ1v) is 7.01. The second-order valence-corrected chi connectivity index (χ2v) is 5.18. The van der Waals surface area contributed by atoms with Crippen LogP contribution in [0, 0.1) is 0 Å². The number of nitrogens with one attached hydrogen (secondary N) is 1. The van der Waals surface area contributed by atoms with Gasteiger partial charge in [0.1, 0.15) is 0 Å². The Morgan fingerprint density at radius 1 is 1.16 bits per heavy atom. The lowest BCUT2D eigenvalue weighted by Crippen LogP contribution is -2.31. The molecule has 0 aliphatic heterocycles. The first-order chi connectivity index (χ1) is 9.25. The fraction of sp³-hybridized carbons (Fsp3) is 0.438. The molecule has 2 rings (SSSR count). The van der Waals surface area contributed by atoms with Crippen molar-refractivity contribution >= 4 is 0 Å². The van der Waals surface area contributed by atoms with E-state index in [1.165, 1.54) is 5.56 Å². The largest absolute Gasteiger partial charge is 0.312 e. The molecule has 1 heterocycles. The number of nitrogens with zero attached hydrogens (tertiary/aromatic N) is 2. The molecule has 0 fully saturated rings. The first-order valence-electron chi connectivity index (χ1n) is 7.01. The first kappa shape index (κ1) is 13.8. The van der Waals surface area contributed by atoms with Gasteiger partial charge in [0.25, 0.3) is 0 Å². The van der Waals surface area contributed by atoms with Gasteiger partial charge in [-0.15, -0.1) is 0 Å². The highest BCUT2D eigenvalue weighted by molar-refractivity contribution is 5.18. The summed E-state index contributed by atoms with van der Waals surface area (Å²) in [5, 5.41) is 7.78. The van der Waals surface area contributed by atoms with E-state index < -0.39 is 0 Å². The average molecular weight is 257 g/mol. The van der Waals surface area contributed by atoms with Crippen LogP contribution in [0.2, 0.25) is 0 Å². The van der Waals surface area contributed by atoms with Crippen molar-refractivity contribution in [2.75, 3.05) is 6.54 Å². The van der Waals surface area contributed by atoms with Gasteiger partial charge in [-0.05, 0) is 37.4 Å². The number of rotatable bonds is 7. The molecule has 0 radical (unpaired) electrons. The number of benzene rings is 1. The predicted molar refractivity (Wildman–Crippen MR) is 79.2 cm³/mol. The zero-order valence-electron chi connectivity index (χ0n) is 11.8. The van der Waals surface area contributed by atoms with Gasteiger partial charge in [-0.1, -0.05) is 37.3 Å². The van der Waals surface area contributed by atoms with Crippen LogP contribution in [-0.4, -0.2) is 22.4 Å². The summed E-state index contributed by atoms with van der Waals surface area (Å²) in [5.74, 6) is 0.602. The fourth-order valence-corrected chi connectivity index (χ4v) is 2.25. The predicted octanol–water partition coefficient (Wildman–Crippen LogP) is 3.06. The SMILES string of the molecule is CC(Cn1cccn1)NCCC(C)c1ccccc1. The van der Waals surface area contributed by atoms with Gasteiger partial charge in [0, 0.05) is 18.4 Å². The van der Waals surface area contributed by atoms with Crippen molar-refractivity contribution in [3.05, 3.63) is 54.4 Å². The van der Waals surface area contributed by atoms with E-state index in [0.717, 1.165) is 19.5 Å². The highest BCUT2D eigenvalue weighted by Gasteiger charge is 2.06. The third-order valence-corrected chi connectivity index (χ3v) is 3.46. The number of hydrogen-bond acceptors (Lipinski definition) is 2. The van der Waals surface area contributed by atoms with Gasteiger partial charge in [-0.3, -0.25) is 4.68 Å². The number of hydrogen-bond donors (Lipinski definition) is 1. The fourth-order valence-electron chi connectivity index (χ4n) is 2.25. The Balaban J connectivity index is 1.68. The summed E-state index contributed by atoms with van der Waals surface area (Å²) in [6.45, 7) is 6.45. The summed E-state index contributed by atoms with van der Waals surface area (Å²) in [4.78, 5) is 0. The Labute approximate surface area is 115 Å². The monoisotopic (exact) mass is 257 g/mol. The van der Waals surface area contributed by atoms with Crippen LogP contribution in [0.15, 0.2) is 48.8 Å². The lowest BCUT2D eigenvalue weighted by Gasteiger charge is -2.16. The molecule has 0 amide bonds. The van der Waals surface area contributed by atoms with E-state index in [1.807, 2.05) is 23.1 Å². The quantitative estimate of drug-likeness (QED) is 0.826. The van der Waals surface area contributed by atoms with Gasteiger partial charge >= 0.3 is 0 Å². The molecule has 3 heteroatoms. The van der Waals surface area contributed by atoms with Crippen LogP contribution in [-0.2, 0) is 6.54 Å². The highest BCUT2D eigenvalue weighted by Crippen LogP contribution is 2.17. The molecule has 2 unspecified atom stereocenters. The van der Waals surface area contributed by atoms with Gasteiger partial charge in [-0.2, -0.15) is 5.10 Å². The Bertz CT molecular complexity index is 450. The maximum absolute atomic E-state index is 4.22. The minimum Gasteiger partial charge on any atom is -0.312 e. The van der Waals surface area contributed by atoms with Gasteiger partial charge < -0.3 is 5.32 Å². The summed E-state index contributed by atoms with van der Waals surface area (Å²) < 4.78 is 1.97. The molecule has 0 saturated carbocycles. The lowest BCUT2D eigenvalue weighted by molar-refractivity contribution is 0.440. The lowest BCUT2D eigenvalue weighted by atomic mass is 9.98. The normalized spacial score (nSPS) is 14.2. The van der Waals surface area contributed by atoms with Crippen LogP contribution in [0.4, 0.5) is 0 Å². The molecule has 0 spiro atoms. The van der Waals surface area contributed by atoms with Gasteiger partial charge in [0.05, 0.1) is 6.54 Å². The van der Waals surface area contributed by atoms with Gasteiger partial charge in [0.2, 0.25) is 0 Å². The van der Waals surface area contributed by atoms with Crippen molar-refractivity contribution < 1.29 is 0 Å². The van der Waals surface area contributed by atoms with E-state index in [-0.39, 0.29) is 0 Å². The van der Waals surface area contributed by atoms with Crippen molar-refractivity contribution in [3.63, 3.8) is 0 Å². The maximum atomic E-state index is 4.22. The van der Waals surface area contributed by atoms with Crippen LogP contribution >= 0.6 is 0 Å². The van der Waals surface area contributed by atoms with E-state index in [4.69, 9.17) is 0 Å². The highest BCUT2D eigenvalue weighted by atomic mass is 15.3. The van der Waals surface area contributed by atoms with Crippen LogP contribution < -0.4 is 5.32 Å². The smallest absolute Gasteiger partial charge is 0.0559 e. The van der Waals surface area contributed by atoms with Gasteiger partial charge in [0.15, 0.2) is 0 Å². The van der Waals surface area contributed by atoms with Gasteiger partial charge in [-0.25, -0.2) is 0 Å². The molecule has 1 aromatic carbocycles. The Morgan fingerprint density at radius 3 is 2.63 bits per heavy atom. The zero-order valence-corrected chi connectivity index (χ0v) is 11.8. The van der Waals surface area contributed by atoms with E-state index >= 15 is 0 Å². The molecule has 0 saturated heterocycles. The molecule has 0 aliphatic carbocycles. The minimum absolute atomic E-state index is 0.447. The average Bonchev–Trinajstić information content (AvgIpc) is 2.92. The van der Waals surface area contributed by atoms with Crippen LogP contribution in [0.5, 0.6) is 0 Å². The number of aromatic nitrogens is 2.